The largest absolute Gasteiger partial charge is 0.481 e. The number of carboxylic acid groups (broad SMARTS) is 1. The van der Waals surface area contributed by atoms with Crippen LogP contribution in [-0.2, 0) is 23.9 Å². The molecular formula is C11H17NO6. The number of rotatable bonds is 8. The molecule has 0 aliphatic carbocycles. The number of carboxylic acids is 1. The molecule has 0 heterocycles. The van der Waals surface area contributed by atoms with Gasteiger partial charge in [0.2, 0.25) is 5.91 Å². The number of hydrogen-bond donors (Lipinski definition) is 2. The summed E-state index contributed by atoms with van der Waals surface area (Å²) in [6, 6.07) is -0.995. The Morgan fingerprint density at radius 3 is 2.22 bits per heavy atom. The molecule has 7 heteroatoms. The number of amides is 1. The lowest BCUT2D eigenvalue weighted by atomic mass is 10.1. The standard InChI is InChI=1S/C11H17NO6/c1-7(13)3-5-9(14)12-8(11(17)18-2)4-6-10(15)16/h8H,3-6H2,1-2H3,(H,12,14)(H,15,16)/t8-/m0/s1. The Hall–Kier alpha value is -1.92. The SMILES string of the molecule is COC(=O)[C@H](CCC(=O)O)NC(=O)CCC(C)=O. The topological polar surface area (TPSA) is 110 Å². The monoisotopic (exact) mass is 259 g/mol. The van der Waals surface area contributed by atoms with Gasteiger partial charge in [-0.2, -0.15) is 0 Å². The zero-order valence-corrected chi connectivity index (χ0v) is 10.4. The minimum Gasteiger partial charge on any atom is -0.481 e. The van der Waals surface area contributed by atoms with Crippen molar-refractivity contribution in [2.24, 2.45) is 0 Å². The van der Waals surface area contributed by atoms with Gasteiger partial charge in [0.15, 0.2) is 0 Å². The van der Waals surface area contributed by atoms with Crippen LogP contribution >= 0.6 is 0 Å². The number of ether oxygens (including phenoxy) is 1. The number of nitrogens with one attached hydrogen (secondary N) is 1. The molecule has 0 spiro atoms. The van der Waals surface area contributed by atoms with Crippen LogP contribution in [0.15, 0.2) is 0 Å². The summed E-state index contributed by atoms with van der Waals surface area (Å²) in [6.45, 7) is 1.36. The van der Waals surface area contributed by atoms with Gasteiger partial charge in [-0.1, -0.05) is 0 Å². The van der Waals surface area contributed by atoms with Crippen LogP contribution in [0.3, 0.4) is 0 Å². The second kappa shape index (κ2) is 8.21. The fraction of sp³-hybridized carbons (Fsp3) is 0.636. The molecule has 18 heavy (non-hydrogen) atoms. The lowest BCUT2D eigenvalue weighted by Gasteiger charge is -2.15. The second-order valence-corrected chi connectivity index (χ2v) is 3.78. The third-order valence-electron chi connectivity index (χ3n) is 2.17. The highest BCUT2D eigenvalue weighted by Gasteiger charge is 2.22. The minimum atomic E-state index is -1.07. The van der Waals surface area contributed by atoms with E-state index >= 15 is 0 Å². The van der Waals surface area contributed by atoms with Crippen LogP contribution in [0.25, 0.3) is 0 Å². The maximum Gasteiger partial charge on any atom is 0.328 e. The molecule has 0 saturated heterocycles. The van der Waals surface area contributed by atoms with Gasteiger partial charge in [-0.3, -0.25) is 9.59 Å². The number of hydrogen-bond acceptors (Lipinski definition) is 5. The molecule has 0 rings (SSSR count). The van der Waals surface area contributed by atoms with Crippen molar-refractivity contribution in [3.8, 4) is 0 Å². The Morgan fingerprint density at radius 2 is 1.78 bits per heavy atom. The maximum absolute atomic E-state index is 11.4. The molecule has 2 N–H and O–H groups in total. The maximum atomic E-state index is 11.4. The Bertz CT molecular complexity index is 338. The number of aliphatic carboxylic acids is 1. The first kappa shape index (κ1) is 16.1. The van der Waals surface area contributed by atoms with Crippen LogP contribution < -0.4 is 5.32 Å². The van der Waals surface area contributed by atoms with Crippen molar-refractivity contribution >= 4 is 23.6 Å². The van der Waals surface area contributed by atoms with Crippen LogP contribution in [0, 0.1) is 0 Å². The van der Waals surface area contributed by atoms with Gasteiger partial charge in [-0.05, 0) is 13.3 Å². The van der Waals surface area contributed by atoms with Crippen LogP contribution in [0.2, 0.25) is 0 Å². The van der Waals surface area contributed by atoms with Crippen molar-refractivity contribution in [1.82, 2.24) is 5.32 Å². The number of carbonyl (C=O) groups excluding carboxylic acids is 3. The quantitative estimate of drug-likeness (QED) is 0.588. The lowest BCUT2D eigenvalue weighted by Crippen LogP contribution is -2.41. The van der Waals surface area contributed by atoms with Crippen molar-refractivity contribution in [3.63, 3.8) is 0 Å². The zero-order chi connectivity index (χ0) is 14.1. The summed E-state index contributed by atoms with van der Waals surface area (Å²) in [5.74, 6) is -2.38. The first-order chi connectivity index (χ1) is 8.36. The zero-order valence-electron chi connectivity index (χ0n) is 10.4. The molecule has 7 nitrogen and oxygen atoms in total. The molecule has 0 bridgehead atoms. The van der Waals surface area contributed by atoms with Crippen molar-refractivity contribution in [3.05, 3.63) is 0 Å². The highest BCUT2D eigenvalue weighted by atomic mass is 16.5. The fourth-order valence-corrected chi connectivity index (χ4v) is 1.22. The van der Waals surface area contributed by atoms with E-state index in [2.05, 4.69) is 10.1 Å². The molecule has 0 aliphatic rings. The molecule has 0 fully saturated rings. The van der Waals surface area contributed by atoms with Crippen LogP contribution in [0.1, 0.15) is 32.6 Å². The van der Waals surface area contributed by atoms with Crippen LogP contribution in [0.4, 0.5) is 0 Å². The van der Waals surface area contributed by atoms with E-state index in [4.69, 9.17) is 5.11 Å². The minimum absolute atomic E-state index is 0.0318. The van der Waals surface area contributed by atoms with E-state index in [-0.39, 0.29) is 31.5 Å². The summed E-state index contributed by atoms with van der Waals surface area (Å²) < 4.78 is 4.46. The summed E-state index contributed by atoms with van der Waals surface area (Å²) in [6.07, 6.45) is -0.255. The predicted octanol–water partition coefficient (Wildman–Crippen LogP) is -0.122. The summed E-state index contributed by atoms with van der Waals surface area (Å²) in [7, 11) is 1.15. The highest BCUT2D eigenvalue weighted by Crippen LogP contribution is 2.01. The number of carbonyl (C=O) groups is 4. The second-order valence-electron chi connectivity index (χ2n) is 3.78. The van der Waals surface area contributed by atoms with E-state index in [0.717, 1.165) is 7.11 Å². The third-order valence-corrected chi connectivity index (χ3v) is 2.17. The molecule has 1 amide bonds. The Labute approximate surface area is 104 Å². The van der Waals surface area contributed by atoms with Gasteiger partial charge in [0.1, 0.15) is 11.8 Å². The molecule has 102 valence electrons. The summed E-state index contributed by atoms with van der Waals surface area (Å²) >= 11 is 0. The van der Waals surface area contributed by atoms with Gasteiger partial charge >= 0.3 is 11.9 Å². The van der Waals surface area contributed by atoms with Crippen molar-refractivity contribution in [2.45, 2.75) is 38.6 Å². The molecule has 0 radical (unpaired) electrons. The van der Waals surface area contributed by atoms with Gasteiger partial charge in [0.05, 0.1) is 7.11 Å². The fourth-order valence-electron chi connectivity index (χ4n) is 1.22. The molecule has 0 unspecified atom stereocenters. The molecule has 0 aliphatic heterocycles. The molecule has 0 aromatic heterocycles. The van der Waals surface area contributed by atoms with E-state index in [1.54, 1.807) is 0 Å². The third kappa shape index (κ3) is 7.37. The molecule has 0 aromatic carbocycles. The average Bonchev–Trinajstić information content (AvgIpc) is 2.30. The van der Waals surface area contributed by atoms with Gasteiger partial charge in [-0.25, -0.2) is 4.79 Å². The van der Waals surface area contributed by atoms with Crippen molar-refractivity contribution in [2.75, 3.05) is 7.11 Å². The Morgan fingerprint density at radius 1 is 1.17 bits per heavy atom. The molecular weight excluding hydrogens is 242 g/mol. The van der Waals surface area contributed by atoms with Crippen LogP contribution in [0.5, 0.6) is 0 Å². The van der Waals surface area contributed by atoms with E-state index in [1.807, 2.05) is 0 Å². The molecule has 0 saturated carbocycles. The van der Waals surface area contributed by atoms with Crippen LogP contribution in [-0.4, -0.2) is 41.9 Å². The first-order valence-electron chi connectivity index (χ1n) is 5.45. The van der Waals surface area contributed by atoms with E-state index in [0.29, 0.717) is 0 Å². The predicted molar refractivity (Wildman–Crippen MR) is 60.7 cm³/mol. The van der Waals surface area contributed by atoms with E-state index in [9.17, 15) is 19.2 Å². The normalized spacial score (nSPS) is 11.4. The number of methoxy groups -OCH3 is 1. The Kier molecular flexibility index (Phi) is 7.34. The molecule has 1 atom stereocenters. The summed E-state index contributed by atoms with van der Waals surface area (Å²) in [4.78, 5) is 43.8. The molecule has 0 aromatic rings. The summed E-state index contributed by atoms with van der Waals surface area (Å²) in [5, 5.41) is 10.9. The van der Waals surface area contributed by atoms with E-state index < -0.39 is 23.9 Å². The number of esters is 1. The highest BCUT2D eigenvalue weighted by molar-refractivity contribution is 5.87. The van der Waals surface area contributed by atoms with Crippen molar-refractivity contribution < 1.29 is 29.0 Å². The summed E-state index contributed by atoms with van der Waals surface area (Å²) in [5.41, 5.74) is 0. The average molecular weight is 259 g/mol. The lowest BCUT2D eigenvalue weighted by molar-refractivity contribution is -0.146. The van der Waals surface area contributed by atoms with Gasteiger partial charge < -0.3 is 20.0 Å². The number of Topliss-reactive ketones (excluding diaryl/α,β-unsaturated/α-hetero) is 1. The van der Waals surface area contributed by atoms with Gasteiger partial charge in [0, 0.05) is 19.3 Å². The smallest absolute Gasteiger partial charge is 0.328 e. The number of ketones is 1. The van der Waals surface area contributed by atoms with Crippen molar-refractivity contribution in [1.29, 1.82) is 0 Å². The first-order valence-corrected chi connectivity index (χ1v) is 5.45. The Balaban J connectivity index is 4.30. The van der Waals surface area contributed by atoms with Gasteiger partial charge in [0.25, 0.3) is 0 Å². The van der Waals surface area contributed by atoms with E-state index in [1.165, 1.54) is 6.92 Å². The van der Waals surface area contributed by atoms with Gasteiger partial charge in [-0.15, -0.1) is 0 Å².